The quantitative estimate of drug-likeness (QED) is 0.414. The maximum Gasteiger partial charge on any atom is 0.313 e. The third kappa shape index (κ3) is 5.22. The lowest BCUT2D eigenvalue weighted by molar-refractivity contribution is -0.144. The zero-order valence-corrected chi connectivity index (χ0v) is 14.6. The third-order valence-electron chi connectivity index (χ3n) is 3.24. The van der Waals surface area contributed by atoms with Crippen molar-refractivity contribution in [3.63, 3.8) is 0 Å². The predicted octanol–water partition coefficient (Wildman–Crippen LogP) is 4.95. The minimum atomic E-state index is -0.537. The van der Waals surface area contributed by atoms with Crippen LogP contribution in [0.3, 0.4) is 0 Å². The summed E-state index contributed by atoms with van der Waals surface area (Å²) >= 11 is 11.9. The van der Waals surface area contributed by atoms with E-state index in [4.69, 9.17) is 27.9 Å². The van der Waals surface area contributed by atoms with Crippen LogP contribution < -0.4 is 0 Å². The number of allylic oxidation sites excluding steroid dienone is 1. The second-order valence-electron chi connectivity index (χ2n) is 5.02. The first kappa shape index (κ1) is 18.2. The Kier molecular flexibility index (Phi) is 6.59. The number of hydrogen-bond donors (Lipinski definition) is 0. The molecule has 0 atom stereocenters. The molecule has 124 valence electrons. The largest absolute Gasteiger partial charge is 0.466 e. The average Bonchev–Trinajstić information content (AvgIpc) is 2.55. The van der Waals surface area contributed by atoms with Crippen molar-refractivity contribution in [3.8, 4) is 0 Å². The summed E-state index contributed by atoms with van der Waals surface area (Å²) in [6, 6.07) is 14.3. The monoisotopic (exact) mass is 362 g/mol. The van der Waals surface area contributed by atoms with Gasteiger partial charge < -0.3 is 4.74 Å². The van der Waals surface area contributed by atoms with E-state index in [0.717, 1.165) is 11.1 Å². The summed E-state index contributed by atoms with van der Waals surface area (Å²) in [6.07, 6.45) is 1.15. The molecule has 24 heavy (non-hydrogen) atoms. The van der Waals surface area contributed by atoms with E-state index in [0.29, 0.717) is 15.6 Å². The molecule has 2 aromatic carbocycles. The Morgan fingerprint density at radius 3 is 1.79 bits per heavy atom. The predicted molar refractivity (Wildman–Crippen MR) is 96.2 cm³/mol. The van der Waals surface area contributed by atoms with Gasteiger partial charge in [0.05, 0.1) is 6.61 Å². The highest BCUT2D eigenvalue weighted by Gasteiger charge is 2.12. The standard InChI is InChI=1S/C19H16Cl2O3/c1-2-24-19(23)12-17(22)11-18(13-3-7-15(20)8-4-13)14-5-9-16(21)10-6-14/h3-11H,2,12H2,1H3. The van der Waals surface area contributed by atoms with Crippen LogP contribution in [0.1, 0.15) is 24.5 Å². The molecule has 2 rings (SSSR count). The maximum atomic E-state index is 12.2. The van der Waals surface area contributed by atoms with Gasteiger partial charge in [-0.05, 0) is 54.0 Å². The van der Waals surface area contributed by atoms with Crippen LogP contribution in [0.25, 0.3) is 5.57 Å². The van der Waals surface area contributed by atoms with Crippen molar-refractivity contribution in [1.29, 1.82) is 0 Å². The first-order valence-electron chi connectivity index (χ1n) is 7.41. The second kappa shape index (κ2) is 8.67. The van der Waals surface area contributed by atoms with Gasteiger partial charge in [-0.1, -0.05) is 47.5 Å². The number of carbonyl (C=O) groups excluding carboxylic acids is 2. The number of esters is 1. The minimum absolute atomic E-state index is 0.247. The van der Waals surface area contributed by atoms with Crippen LogP contribution in [0.2, 0.25) is 10.0 Å². The molecule has 0 aliphatic heterocycles. The Bertz CT molecular complexity index is 700. The van der Waals surface area contributed by atoms with Crippen LogP contribution in [0.15, 0.2) is 54.6 Å². The van der Waals surface area contributed by atoms with E-state index in [9.17, 15) is 9.59 Å². The van der Waals surface area contributed by atoms with Gasteiger partial charge in [-0.15, -0.1) is 0 Å². The molecule has 0 aliphatic rings. The molecule has 0 radical (unpaired) electrons. The Balaban J connectivity index is 2.37. The number of rotatable bonds is 6. The minimum Gasteiger partial charge on any atom is -0.466 e. The number of benzene rings is 2. The van der Waals surface area contributed by atoms with E-state index in [1.165, 1.54) is 6.08 Å². The molecule has 0 heterocycles. The number of carbonyl (C=O) groups is 2. The normalized spacial score (nSPS) is 10.1. The van der Waals surface area contributed by atoms with Crippen molar-refractivity contribution in [2.45, 2.75) is 13.3 Å². The molecule has 0 aliphatic carbocycles. The zero-order valence-electron chi connectivity index (χ0n) is 13.1. The lowest BCUT2D eigenvalue weighted by Gasteiger charge is -2.09. The molecule has 0 aromatic heterocycles. The highest BCUT2D eigenvalue weighted by molar-refractivity contribution is 6.31. The summed E-state index contributed by atoms with van der Waals surface area (Å²) in [7, 11) is 0. The molecule has 0 saturated carbocycles. The van der Waals surface area contributed by atoms with Gasteiger partial charge in [-0.25, -0.2) is 0 Å². The molecule has 0 unspecified atom stereocenters. The van der Waals surface area contributed by atoms with Gasteiger partial charge in [-0.2, -0.15) is 0 Å². The van der Waals surface area contributed by atoms with Crippen LogP contribution in [-0.4, -0.2) is 18.4 Å². The van der Waals surface area contributed by atoms with Crippen molar-refractivity contribution in [1.82, 2.24) is 0 Å². The van der Waals surface area contributed by atoms with Crippen molar-refractivity contribution >= 4 is 40.5 Å². The fourth-order valence-corrected chi connectivity index (χ4v) is 2.41. The molecule has 0 spiro atoms. The van der Waals surface area contributed by atoms with E-state index in [1.54, 1.807) is 31.2 Å². The van der Waals surface area contributed by atoms with E-state index in [-0.39, 0.29) is 18.8 Å². The number of halogens is 2. The molecule has 2 aromatic rings. The van der Waals surface area contributed by atoms with Crippen molar-refractivity contribution in [3.05, 3.63) is 75.8 Å². The lowest BCUT2D eigenvalue weighted by atomic mass is 9.96. The van der Waals surface area contributed by atoms with Crippen LogP contribution in [0, 0.1) is 0 Å². The highest BCUT2D eigenvalue weighted by atomic mass is 35.5. The van der Waals surface area contributed by atoms with Crippen molar-refractivity contribution < 1.29 is 14.3 Å². The first-order chi connectivity index (χ1) is 11.5. The third-order valence-corrected chi connectivity index (χ3v) is 3.74. The van der Waals surface area contributed by atoms with Gasteiger partial charge in [0.15, 0.2) is 5.78 Å². The molecule has 0 amide bonds. The van der Waals surface area contributed by atoms with E-state index in [2.05, 4.69) is 0 Å². The molecule has 0 fully saturated rings. The SMILES string of the molecule is CCOC(=O)CC(=O)C=C(c1ccc(Cl)cc1)c1ccc(Cl)cc1. The highest BCUT2D eigenvalue weighted by Crippen LogP contribution is 2.26. The van der Waals surface area contributed by atoms with Gasteiger partial charge in [0.25, 0.3) is 0 Å². The smallest absolute Gasteiger partial charge is 0.313 e. The van der Waals surface area contributed by atoms with Gasteiger partial charge in [0.1, 0.15) is 6.42 Å². The molecule has 0 N–H and O–H groups in total. The van der Waals surface area contributed by atoms with E-state index < -0.39 is 5.97 Å². The summed E-state index contributed by atoms with van der Waals surface area (Å²) in [6.45, 7) is 1.95. The number of ketones is 1. The van der Waals surface area contributed by atoms with Crippen LogP contribution in [0.4, 0.5) is 0 Å². The molecule has 5 heteroatoms. The van der Waals surface area contributed by atoms with E-state index in [1.807, 2.05) is 24.3 Å². The van der Waals surface area contributed by atoms with Gasteiger partial charge in [0.2, 0.25) is 0 Å². The Labute approximate surface area is 150 Å². The molecular weight excluding hydrogens is 347 g/mol. The van der Waals surface area contributed by atoms with Crippen molar-refractivity contribution in [2.75, 3.05) is 6.61 Å². The van der Waals surface area contributed by atoms with Crippen LogP contribution in [0.5, 0.6) is 0 Å². The number of hydrogen-bond acceptors (Lipinski definition) is 3. The molecular formula is C19H16Cl2O3. The van der Waals surface area contributed by atoms with Crippen LogP contribution >= 0.6 is 23.2 Å². The molecule has 0 bridgehead atoms. The van der Waals surface area contributed by atoms with Crippen molar-refractivity contribution in [2.24, 2.45) is 0 Å². The Morgan fingerprint density at radius 1 is 0.917 bits per heavy atom. The summed E-state index contributed by atoms with van der Waals surface area (Å²) in [5.41, 5.74) is 2.33. The number of ether oxygens (including phenoxy) is 1. The summed E-state index contributed by atoms with van der Waals surface area (Å²) in [5, 5.41) is 1.21. The first-order valence-corrected chi connectivity index (χ1v) is 8.17. The lowest BCUT2D eigenvalue weighted by Crippen LogP contribution is -2.09. The van der Waals surface area contributed by atoms with Crippen LogP contribution in [-0.2, 0) is 14.3 Å². The van der Waals surface area contributed by atoms with Gasteiger partial charge in [0, 0.05) is 10.0 Å². The summed E-state index contributed by atoms with van der Waals surface area (Å²) < 4.78 is 4.81. The average molecular weight is 363 g/mol. The zero-order chi connectivity index (χ0) is 17.5. The Morgan fingerprint density at radius 2 is 1.38 bits per heavy atom. The fourth-order valence-electron chi connectivity index (χ4n) is 2.16. The molecule has 3 nitrogen and oxygen atoms in total. The van der Waals surface area contributed by atoms with Gasteiger partial charge >= 0.3 is 5.97 Å². The summed E-state index contributed by atoms with van der Waals surface area (Å²) in [4.78, 5) is 23.7. The van der Waals surface area contributed by atoms with E-state index >= 15 is 0 Å². The summed E-state index contributed by atoms with van der Waals surface area (Å²) in [5.74, 6) is -0.862. The second-order valence-corrected chi connectivity index (χ2v) is 5.89. The molecule has 0 saturated heterocycles. The topological polar surface area (TPSA) is 43.4 Å². The maximum absolute atomic E-state index is 12.2. The fraction of sp³-hybridized carbons (Fsp3) is 0.158. The van der Waals surface area contributed by atoms with Gasteiger partial charge in [-0.3, -0.25) is 9.59 Å². The Hall–Kier alpha value is -2.10.